The summed E-state index contributed by atoms with van der Waals surface area (Å²) in [4.78, 5) is 5.96. The number of sulfonamides is 1. The quantitative estimate of drug-likeness (QED) is 0.405. The van der Waals surface area contributed by atoms with E-state index in [-0.39, 0.29) is 0 Å². The zero-order valence-corrected chi connectivity index (χ0v) is 12.1. The molecule has 1 heterocycles. The highest BCUT2D eigenvalue weighted by molar-refractivity contribution is 7.88. The van der Waals surface area contributed by atoms with Gasteiger partial charge in [0.25, 0.3) is 0 Å². The van der Waals surface area contributed by atoms with Crippen LogP contribution in [-0.2, 0) is 16.6 Å². The molecule has 8 nitrogen and oxygen atoms in total. The minimum absolute atomic E-state index is 0.301. The van der Waals surface area contributed by atoms with Gasteiger partial charge in [-0.05, 0) is 0 Å². The monoisotopic (exact) mass is 289 g/mol. The summed E-state index contributed by atoms with van der Waals surface area (Å²) in [5.74, 6) is 0.651. The summed E-state index contributed by atoms with van der Waals surface area (Å²) in [5.41, 5.74) is 0.791. The standard InChI is InChI=1S/C10H19N5O3S/c1-11-10(12-5-6-13-19(3,16)17)15(2)8-9-4-7-18-14-9/h4,7,13H,5-6,8H2,1-3H3,(H,11,12). The van der Waals surface area contributed by atoms with Crippen LogP contribution in [0.2, 0.25) is 0 Å². The molecule has 0 aromatic carbocycles. The maximum atomic E-state index is 10.9. The Morgan fingerprint density at radius 1 is 1.53 bits per heavy atom. The van der Waals surface area contributed by atoms with E-state index in [0.29, 0.717) is 25.6 Å². The van der Waals surface area contributed by atoms with Crippen LogP contribution in [0.5, 0.6) is 0 Å². The molecule has 1 aromatic rings. The van der Waals surface area contributed by atoms with Crippen LogP contribution in [0.3, 0.4) is 0 Å². The van der Waals surface area contributed by atoms with E-state index in [0.717, 1.165) is 11.9 Å². The van der Waals surface area contributed by atoms with E-state index in [1.807, 2.05) is 11.9 Å². The highest BCUT2D eigenvalue weighted by Crippen LogP contribution is 1.99. The van der Waals surface area contributed by atoms with E-state index in [9.17, 15) is 8.42 Å². The zero-order valence-electron chi connectivity index (χ0n) is 11.3. The molecular weight excluding hydrogens is 270 g/mol. The normalized spacial score (nSPS) is 12.5. The fourth-order valence-electron chi connectivity index (χ4n) is 1.43. The van der Waals surface area contributed by atoms with E-state index in [1.165, 1.54) is 6.26 Å². The molecule has 0 saturated carbocycles. The lowest BCUT2D eigenvalue weighted by molar-refractivity contribution is 0.391. The Labute approximate surface area is 112 Å². The number of hydrogen-bond acceptors (Lipinski definition) is 5. The van der Waals surface area contributed by atoms with Crippen molar-refractivity contribution in [3.05, 3.63) is 18.0 Å². The maximum absolute atomic E-state index is 10.9. The minimum Gasteiger partial charge on any atom is -0.364 e. The molecule has 9 heteroatoms. The van der Waals surface area contributed by atoms with Crippen molar-refractivity contribution >= 4 is 16.0 Å². The van der Waals surface area contributed by atoms with E-state index >= 15 is 0 Å². The first-order valence-electron chi connectivity index (χ1n) is 5.68. The van der Waals surface area contributed by atoms with Gasteiger partial charge in [0.05, 0.1) is 12.8 Å². The van der Waals surface area contributed by atoms with E-state index < -0.39 is 10.0 Å². The molecule has 19 heavy (non-hydrogen) atoms. The average Bonchev–Trinajstić information content (AvgIpc) is 2.80. The van der Waals surface area contributed by atoms with Crippen molar-refractivity contribution in [2.45, 2.75) is 6.54 Å². The first-order chi connectivity index (χ1) is 8.92. The smallest absolute Gasteiger partial charge is 0.208 e. The molecule has 0 aliphatic heterocycles. The molecule has 0 saturated heterocycles. The Kier molecular flexibility index (Phi) is 5.77. The summed E-state index contributed by atoms with van der Waals surface area (Å²) in [6.07, 6.45) is 2.63. The summed E-state index contributed by atoms with van der Waals surface area (Å²) < 4.78 is 28.9. The molecule has 2 N–H and O–H groups in total. The molecule has 0 aliphatic carbocycles. The second-order valence-corrected chi connectivity index (χ2v) is 5.82. The number of nitrogens with zero attached hydrogens (tertiary/aromatic N) is 3. The molecule has 1 rings (SSSR count). The van der Waals surface area contributed by atoms with Crippen molar-refractivity contribution in [1.29, 1.82) is 0 Å². The fourth-order valence-corrected chi connectivity index (χ4v) is 1.91. The molecule has 0 fully saturated rings. The van der Waals surface area contributed by atoms with Crippen LogP contribution in [0.15, 0.2) is 21.8 Å². The van der Waals surface area contributed by atoms with Gasteiger partial charge in [-0.15, -0.1) is 0 Å². The van der Waals surface area contributed by atoms with Gasteiger partial charge >= 0.3 is 0 Å². The predicted octanol–water partition coefficient (Wildman–Crippen LogP) is -0.769. The molecule has 0 aliphatic rings. The van der Waals surface area contributed by atoms with Gasteiger partial charge in [0.2, 0.25) is 10.0 Å². The van der Waals surface area contributed by atoms with Crippen LogP contribution >= 0.6 is 0 Å². The van der Waals surface area contributed by atoms with Gasteiger partial charge in [-0.3, -0.25) is 4.99 Å². The van der Waals surface area contributed by atoms with Crippen LogP contribution < -0.4 is 10.0 Å². The molecular formula is C10H19N5O3S. The Morgan fingerprint density at radius 2 is 2.26 bits per heavy atom. The molecule has 0 unspecified atom stereocenters. The Morgan fingerprint density at radius 3 is 2.79 bits per heavy atom. The Bertz CT molecular complexity index is 497. The van der Waals surface area contributed by atoms with Gasteiger partial charge in [0.1, 0.15) is 12.0 Å². The summed E-state index contributed by atoms with van der Waals surface area (Å²) in [6, 6.07) is 1.77. The summed E-state index contributed by atoms with van der Waals surface area (Å²) in [5, 5.41) is 6.86. The van der Waals surface area contributed by atoms with E-state index in [1.54, 1.807) is 13.1 Å². The largest absolute Gasteiger partial charge is 0.364 e. The summed E-state index contributed by atoms with van der Waals surface area (Å²) >= 11 is 0. The van der Waals surface area contributed by atoms with Gasteiger partial charge < -0.3 is 14.7 Å². The number of guanidine groups is 1. The average molecular weight is 289 g/mol. The van der Waals surface area contributed by atoms with Gasteiger partial charge in [0.15, 0.2) is 5.96 Å². The third-order valence-corrected chi connectivity index (χ3v) is 2.96. The summed E-state index contributed by atoms with van der Waals surface area (Å²) in [6.45, 7) is 1.30. The van der Waals surface area contributed by atoms with Crippen molar-refractivity contribution in [2.24, 2.45) is 4.99 Å². The third-order valence-electron chi connectivity index (χ3n) is 2.24. The number of aliphatic imine (C=N–C) groups is 1. The second-order valence-electron chi connectivity index (χ2n) is 3.99. The lowest BCUT2D eigenvalue weighted by atomic mass is 10.4. The first-order valence-corrected chi connectivity index (χ1v) is 7.57. The number of aromatic nitrogens is 1. The van der Waals surface area contributed by atoms with E-state index in [2.05, 4.69) is 20.2 Å². The predicted molar refractivity (Wildman–Crippen MR) is 72.2 cm³/mol. The SMILES string of the molecule is CN=C(NCCNS(C)(=O)=O)N(C)Cc1ccon1. The molecule has 0 amide bonds. The topological polar surface area (TPSA) is 99.8 Å². The zero-order chi connectivity index (χ0) is 14.3. The molecule has 0 spiro atoms. The van der Waals surface area contributed by atoms with Gasteiger partial charge in [-0.2, -0.15) is 0 Å². The molecule has 108 valence electrons. The van der Waals surface area contributed by atoms with Crippen molar-refractivity contribution < 1.29 is 12.9 Å². The van der Waals surface area contributed by atoms with Crippen LogP contribution in [0, 0.1) is 0 Å². The van der Waals surface area contributed by atoms with Crippen molar-refractivity contribution in [3.8, 4) is 0 Å². The van der Waals surface area contributed by atoms with Gasteiger partial charge in [-0.25, -0.2) is 13.1 Å². The Hall–Kier alpha value is -1.61. The fraction of sp³-hybridized carbons (Fsp3) is 0.600. The van der Waals surface area contributed by atoms with Gasteiger partial charge in [0, 0.05) is 33.3 Å². The number of hydrogen-bond donors (Lipinski definition) is 2. The molecule has 1 aromatic heterocycles. The number of rotatable bonds is 6. The van der Waals surface area contributed by atoms with Gasteiger partial charge in [-0.1, -0.05) is 5.16 Å². The van der Waals surface area contributed by atoms with Crippen molar-refractivity contribution in [2.75, 3.05) is 33.4 Å². The Balaban J connectivity index is 2.37. The van der Waals surface area contributed by atoms with Crippen LogP contribution in [-0.4, -0.2) is 57.9 Å². The highest BCUT2D eigenvalue weighted by atomic mass is 32.2. The molecule has 0 bridgehead atoms. The van der Waals surface area contributed by atoms with Crippen LogP contribution in [0.25, 0.3) is 0 Å². The van der Waals surface area contributed by atoms with Crippen molar-refractivity contribution in [3.63, 3.8) is 0 Å². The minimum atomic E-state index is -3.16. The van der Waals surface area contributed by atoms with E-state index in [4.69, 9.17) is 4.52 Å². The van der Waals surface area contributed by atoms with Crippen LogP contribution in [0.1, 0.15) is 5.69 Å². The second kappa shape index (κ2) is 7.10. The lowest BCUT2D eigenvalue weighted by Crippen LogP contribution is -2.42. The van der Waals surface area contributed by atoms with Crippen LogP contribution in [0.4, 0.5) is 0 Å². The molecule has 0 atom stereocenters. The first kappa shape index (κ1) is 15.4. The lowest BCUT2D eigenvalue weighted by Gasteiger charge is -2.20. The molecule has 0 radical (unpaired) electrons. The van der Waals surface area contributed by atoms with Crippen molar-refractivity contribution in [1.82, 2.24) is 20.1 Å². The highest BCUT2D eigenvalue weighted by Gasteiger charge is 2.08. The number of nitrogens with one attached hydrogen (secondary N) is 2. The summed E-state index contributed by atoms with van der Waals surface area (Å²) in [7, 11) is 0.358. The maximum Gasteiger partial charge on any atom is 0.208 e. The third kappa shape index (κ3) is 6.20.